The number of nitrogens with one attached hydrogen (secondary N) is 2. The fourth-order valence-electron chi connectivity index (χ4n) is 4.97. The van der Waals surface area contributed by atoms with Gasteiger partial charge in [0.1, 0.15) is 5.75 Å². The SMILES string of the molecule is CCCN(CCCCCCNCCc1ccccc1)[C@@H]1CCc2cc(O)c(NC)cc2C1.Cl.Cl.Cl. The summed E-state index contributed by atoms with van der Waals surface area (Å²) in [6.45, 7) is 6.91. The number of rotatable bonds is 14. The van der Waals surface area contributed by atoms with Crippen LogP contribution in [0.4, 0.5) is 5.69 Å². The third kappa shape index (κ3) is 11.2. The second-order valence-electron chi connectivity index (χ2n) is 9.22. The van der Waals surface area contributed by atoms with Crippen LogP contribution in [-0.4, -0.2) is 49.3 Å². The molecular formula is C28H46Cl3N3O. The van der Waals surface area contributed by atoms with E-state index in [1.54, 1.807) is 0 Å². The molecule has 0 spiro atoms. The molecular weight excluding hydrogens is 501 g/mol. The second-order valence-corrected chi connectivity index (χ2v) is 9.22. The number of fused-ring (bicyclic) bond motifs is 1. The van der Waals surface area contributed by atoms with E-state index in [9.17, 15) is 5.11 Å². The van der Waals surface area contributed by atoms with E-state index in [2.05, 4.69) is 58.9 Å². The van der Waals surface area contributed by atoms with E-state index < -0.39 is 0 Å². The number of aryl methyl sites for hydroxylation is 1. The molecule has 200 valence electrons. The van der Waals surface area contributed by atoms with E-state index >= 15 is 0 Å². The maximum atomic E-state index is 10.1. The standard InChI is InChI=1S/C28H43N3O.3ClH/c1-3-18-31(26-14-13-24-22-28(32)27(29-2)21-25(24)20-26)19-10-5-4-9-16-30-17-15-23-11-7-6-8-12-23;;;/h6-8,11-12,21-22,26,29-30,32H,3-5,9-10,13-20H2,1-2H3;3*1H/t26-;;;/m1.../s1. The van der Waals surface area contributed by atoms with Crippen LogP contribution in [0.3, 0.4) is 0 Å². The number of benzene rings is 2. The van der Waals surface area contributed by atoms with Crippen molar-refractivity contribution in [3.63, 3.8) is 0 Å². The molecule has 0 saturated carbocycles. The molecule has 1 atom stereocenters. The van der Waals surface area contributed by atoms with Gasteiger partial charge in [0.15, 0.2) is 0 Å². The first kappa shape index (κ1) is 33.8. The minimum absolute atomic E-state index is 0. The summed E-state index contributed by atoms with van der Waals surface area (Å²) in [7, 11) is 1.88. The number of phenols is 1. The quantitative estimate of drug-likeness (QED) is 0.183. The van der Waals surface area contributed by atoms with Gasteiger partial charge in [-0.2, -0.15) is 0 Å². The van der Waals surface area contributed by atoms with Crippen LogP contribution in [0.15, 0.2) is 42.5 Å². The zero-order valence-corrected chi connectivity index (χ0v) is 23.9. The lowest BCUT2D eigenvalue weighted by Gasteiger charge is -2.35. The van der Waals surface area contributed by atoms with Gasteiger partial charge in [-0.25, -0.2) is 0 Å². The molecule has 0 unspecified atom stereocenters. The summed E-state index contributed by atoms with van der Waals surface area (Å²) in [4.78, 5) is 2.73. The predicted octanol–water partition coefficient (Wildman–Crippen LogP) is 6.66. The van der Waals surface area contributed by atoms with Crippen molar-refractivity contribution < 1.29 is 5.11 Å². The fraction of sp³-hybridized carbons (Fsp3) is 0.571. The normalized spacial score (nSPS) is 14.3. The Balaban J connectivity index is 0.00000385. The molecule has 0 amide bonds. The lowest BCUT2D eigenvalue weighted by atomic mass is 9.86. The summed E-state index contributed by atoms with van der Waals surface area (Å²) in [6, 6.07) is 15.5. The highest BCUT2D eigenvalue weighted by Crippen LogP contribution is 2.33. The van der Waals surface area contributed by atoms with Crippen LogP contribution in [0, 0.1) is 0 Å². The van der Waals surface area contributed by atoms with Gasteiger partial charge in [0.25, 0.3) is 0 Å². The molecule has 0 saturated heterocycles. The van der Waals surface area contributed by atoms with Gasteiger partial charge in [-0.1, -0.05) is 50.1 Å². The Morgan fingerprint density at radius 2 is 1.66 bits per heavy atom. The Bertz CT molecular complexity index is 808. The van der Waals surface area contributed by atoms with Gasteiger partial charge in [0.05, 0.1) is 5.69 Å². The lowest BCUT2D eigenvalue weighted by molar-refractivity contribution is 0.176. The predicted molar refractivity (Wildman–Crippen MR) is 159 cm³/mol. The molecule has 3 N–H and O–H groups in total. The third-order valence-corrected chi connectivity index (χ3v) is 6.80. The lowest BCUT2D eigenvalue weighted by Crippen LogP contribution is -2.40. The summed E-state index contributed by atoms with van der Waals surface area (Å²) in [5.74, 6) is 0.379. The Morgan fingerprint density at radius 1 is 0.914 bits per heavy atom. The average molecular weight is 547 g/mol. The smallest absolute Gasteiger partial charge is 0.138 e. The first-order valence-electron chi connectivity index (χ1n) is 12.7. The monoisotopic (exact) mass is 545 g/mol. The van der Waals surface area contributed by atoms with Gasteiger partial charge < -0.3 is 20.6 Å². The van der Waals surface area contributed by atoms with Crippen molar-refractivity contribution in [2.45, 2.75) is 70.8 Å². The first-order chi connectivity index (χ1) is 15.7. The Morgan fingerprint density at radius 3 is 2.37 bits per heavy atom. The van der Waals surface area contributed by atoms with E-state index in [4.69, 9.17) is 0 Å². The number of halogens is 3. The van der Waals surface area contributed by atoms with Crippen LogP contribution in [0.1, 0.15) is 62.1 Å². The highest BCUT2D eigenvalue weighted by Gasteiger charge is 2.24. The second kappa shape index (κ2) is 19.0. The minimum Gasteiger partial charge on any atom is -0.506 e. The summed E-state index contributed by atoms with van der Waals surface area (Å²) >= 11 is 0. The molecule has 2 aromatic rings. The Hall–Kier alpha value is -1.17. The topological polar surface area (TPSA) is 47.5 Å². The van der Waals surface area contributed by atoms with E-state index in [-0.39, 0.29) is 37.2 Å². The molecule has 0 aromatic heterocycles. The number of anilines is 1. The zero-order valence-electron chi connectivity index (χ0n) is 21.4. The van der Waals surface area contributed by atoms with Gasteiger partial charge >= 0.3 is 0 Å². The number of hydrogen-bond acceptors (Lipinski definition) is 4. The van der Waals surface area contributed by atoms with Crippen LogP contribution in [0.25, 0.3) is 0 Å². The van der Waals surface area contributed by atoms with Crippen LogP contribution in [-0.2, 0) is 19.3 Å². The van der Waals surface area contributed by atoms with E-state index in [1.807, 2.05) is 13.1 Å². The number of nitrogens with zero attached hydrogens (tertiary/aromatic N) is 1. The Kier molecular flexibility index (Phi) is 18.4. The van der Waals surface area contributed by atoms with Crippen LogP contribution < -0.4 is 10.6 Å². The molecule has 1 aliphatic rings. The van der Waals surface area contributed by atoms with E-state index in [0.717, 1.165) is 38.0 Å². The van der Waals surface area contributed by atoms with Crippen molar-refractivity contribution in [2.24, 2.45) is 0 Å². The molecule has 2 aromatic carbocycles. The summed E-state index contributed by atoms with van der Waals surface area (Å²) in [6.07, 6.45) is 10.9. The summed E-state index contributed by atoms with van der Waals surface area (Å²) in [5, 5.41) is 16.9. The zero-order chi connectivity index (χ0) is 22.6. The molecule has 0 bridgehead atoms. The van der Waals surface area contributed by atoms with Gasteiger partial charge in [-0.15, -0.1) is 37.2 Å². The van der Waals surface area contributed by atoms with Gasteiger partial charge in [-0.05, 0) is 99.9 Å². The van der Waals surface area contributed by atoms with Crippen LogP contribution in [0.5, 0.6) is 5.75 Å². The van der Waals surface area contributed by atoms with E-state index in [0.29, 0.717) is 11.8 Å². The van der Waals surface area contributed by atoms with Crippen molar-refractivity contribution >= 4 is 42.9 Å². The number of hydrogen-bond donors (Lipinski definition) is 3. The molecule has 0 radical (unpaired) electrons. The number of aromatic hydroxyl groups is 1. The average Bonchev–Trinajstić information content (AvgIpc) is 2.82. The van der Waals surface area contributed by atoms with Crippen molar-refractivity contribution in [1.82, 2.24) is 10.2 Å². The summed E-state index contributed by atoms with van der Waals surface area (Å²) < 4.78 is 0. The molecule has 4 nitrogen and oxygen atoms in total. The van der Waals surface area contributed by atoms with Crippen LogP contribution in [0.2, 0.25) is 0 Å². The van der Waals surface area contributed by atoms with Crippen molar-refractivity contribution in [3.05, 3.63) is 59.2 Å². The molecule has 0 aliphatic heterocycles. The number of phenolic OH excluding ortho intramolecular Hbond substituents is 1. The fourth-order valence-corrected chi connectivity index (χ4v) is 4.97. The summed E-state index contributed by atoms with van der Waals surface area (Å²) in [5.41, 5.74) is 5.00. The highest BCUT2D eigenvalue weighted by atomic mass is 35.5. The maximum Gasteiger partial charge on any atom is 0.138 e. The van der Waals surface area contributed by atoms with Gasteiger partial charge in [0.2, 0.25) is 0 Å². The van der Waals surface area contributed by atoms with Crippen molar-refractivity contribution in [1.29, 1.82) is 0 Å². The molecule has 3 rings (SSSR count). The third-order valence-electron chi connectivity index (χ3n) is 6.80. The van der Waals surface area contributed by atoms with Crippen molar-refractivity contribution in [3.8, 4) is 5.75 Å². The van der Waals surface area contributed by atoms with Crippen molar-refractivity contribution in [2.75, 3.05) is 38.5 Å². The van der Waals surface area contributed by atoms with Gasteiger partial charge in [0, 0.05) is 13.1 Å². The van der Waals surface area contributed by atoms with E-state index in [1.165, 1.54) is 68.3 Å². The molecule has 0 fully saturated rings. The Labute approximate surface area is 231 Å². The minimum atomic E-state index is 0. The highest BCUT2D eigenvalue weighted by molar-refractivity contribution is 5.86. The number of unbranched alkanes of at least 4 members (excludes halogenated alkanes) is 3. The molecule has 35 heavy (non-hydrogen) atoms. The first-order valence-corrected chi connectivity index (χ1v) is 12.7. The van der Waals surface area contributed by atoms with Gasteiger partial charge in [-0.3, -0.25) is 0 Å². The maximum absolute atomic E-state index is 10.1. The van der Waals surface area contributed by atoms with Crippen LogP contribution >= 0.6 is 37.2 Å². The molecule has 1 aliphatic carbocycles. The largest absolute Gasteiger partial charge is 0.506 e. The molecule has 0 heterocycles. The molecule has 7 heteroatoms.